The van der Waals surface area contributed by atoms with Crippen molar-refractivity contribution >= 4 is 46.9 Å². The molecule has 1 aliphatic heterocycles. The molecule has 2 aromatic carbocycles. The Labute approximate surface area is 186 Å². The molecule has 0 aromatic heterocycles. The van der Waals surface area contributed by atoms with Crippen molar-refractivity contribution in [2.24, 2.45) is 5.92 Å². The molecule has 1 fully saturated rings. The minimum absolute atomic E-state index is 0.0203. The third-order valence-electron chi connectivity index (χ3n) is 5.74. The molecule has 2 aromatic rings. The van der Waals surface area contributed by atoms with Crippen molar-refractivity contribution in [3.05, 3.63) is 64.0 Å². The highest BCUT2D eigenvalue weighted by molar-refractivity contribution is 8.04. The second kappa shape index (κ2) is 9.27. The first-order chi connectivity index (χ1) is 14.5. The maximum absolute atomic E-state index is 13.3. The average Bonchev–Trinajstić information content (AvgIpc) is 2.73. The van der Waals surface area contributed by atoms with E-state index in [1.165, 1.54) is 18.2 Å². The van der Waals surface area contributed by atoms with Crippen molar-refractivity contribution in [1.29, 1.82) is 0 Å². The number of rotatable bonds is 4. The minimum Gasteiger partial charge on any atom is -0.352 e. The van der Waals surface area contributed by atoms with Crippen LogP contribution in [-0.4, -0.2) is 24.4 Å². The summed E-state index contributed by atoms with van der Waals surface area (Å²) < 4.78 is 0. The van der Waals surface area contributed by atoms with Gasteiger partial charge in [0, 0.05) is 16.0 Å². The van der Waals surface area contributed by atoms with Gasteiger partial charge in [0.15, 0.2) is 0 Å². The van der Waals surface area contributed by atoms with Crippen molar-refractivity contribution in [2.75, 3.05) is 11.4 Å². The number of hydrogen-bond donors (Lipinski definition) is 1. The molecule has 4 nitrogen and oxygen atoms in total. The second-order valence-electron chi connectivity index (χ2n) is 7.96. The van der Waals surface area contributed by atoms with Crippen LogP contribution >= 0.6 is 23.4 Å². The summed E-state index contributed by atoms with van der Waals surface area (Å²) in [5.41, 5.74) is 1.64. The Morgan fingerprint density at radius 3 is 2.80 bits per heavy atom. The number of thioether (sulfide) groups is 1. The summed E-state index contributed by atoms with van der Waals surface area (Å²) in [6, 6.07) is 15.3. The van der Waals surface area contributed by atoms with Gasteiger partial charge in [-0.25, -0.2) is 0 Å². The third-order valence-corrected chi connectivity index (χ3v) is 7.05. The number of amides is 2. The van der Waals surface area contributed by atoms with Gasteiger partial charge in [-0.3, -0.25) is 14.5 Å². The van der Waals surface area contributed by atoms with Crippen LogP contribution in [-0.2, 0) is 9.59 Å². The zero-order chi connectivity index (χ0) is 21.1. The highest BCUT2D eigenvalue weighted by atomic mass is 35.5. The number of nitrogens with zero attached hydrogens (tertiary/aromatic N) is 1. The molecule has 1 N–H and O–H groups in total. The van der Waals surface area contributed by atoms with Crippen LogP contribution in [0.15, 0.2) is 58.3 Å². The van der Waals surface area contributed by atoms with E-state index >= 15 is 0 Å². The van der Waals surface area contributed by atoms with Gasteiger partial charge in [-0.2, -0.15) is 0 Å². The van der Waals surface area contributed by atoms with Crippen LogP contribution in [0.25, 0.3) is 6.08 Å². The van der Waals surface area contributed by atoms with E-state index in [4.69, 9.17) is 11.6 Å². The van der Waals surface area contributed by atoms with Crippen molar-refractivity contribution < 1.29 is 9.59 Å². The number of carbonyl (C=O) groups is 2. The number of anilines is 1. The van der Waals surface area contributed by atoms with E-state index in [0.717, 1.165) is 35.4 Å². The lowest BCUT2D eigenvalue weighted by molar-refractivity contribution is -0.123. The topological polar surface area (TPSA) is 49.4 Å². The SMILES string of the molecule is C[C@@H]1CCCC[C@H]1NC(=O)CN1C(=O)/C(=C\c2cccc(Cl)c2)Sc2ccccc21. The summed E-state index contributed by atoms with van der Waals surface area (Å²) in [5.74, 6) is 0.206. The van der Waals surface area contributed by atoms with E-state index in [2.05, 4.69) is 12.2 Å². The highest BCUT2D eigenvalue weighted by Crippen LogP contribution is 2.42. The van der Waals surface area contributed by atoms with Gasteiger partial charge in [-0.05, 0) is 54.7 Å². The molecule has 2 aliphatic rings. The lowest BCUT2D eigenvalue weighted by Gasteiger charge is -2.32. The van der Waals surface area contributed by atoms with Crippen LogP contribution in [0, 0.1) is 5.92 Å². The van der Waals surface area contributed by atoms with Gasteiger partial charge in [-0.1, -0.05) is 67.4 Å². The van der Waals surface area contributed by atoms with E-state index in [1.807, 2.05) is 48.5 Å². The number of halogens is 1. The van der Waals surface area contributed by atoms with E-state index in [9.17, 15) is 9.59 Å². The van der Waals surface area contributed by atoms with Crippen LogP contribution in [0.3, 0.4) is 0 Å². The molecule has 1 saturated carbocycles. The van der Waals surface area contributed by atoms with E-state index < -0.39 is 0 Å². The van der Waals surface area contributed by atoms with Gasteiger partial charge in [0.1, 0.15) is 6.54 Å². The molecular weight excluding hydrogens is 416 g/mol. The molecule has 6 heteroatoms. The Balaban J connectivity index is 1.57. The fourth-order valence-corrected chi connectivity index (χ4v) is 5.35. The van der Waals surface area contributed by atoms with Gasteiger partial charge in [0.25, 0.3) is 5.91 Å². The molecule has 4 rings (SSSR count). The Morgan fingerprint density at radius 2 is 2.00 bits per heavy atom. The van der Waals surface area contributed by atoms with Crippen molar-refractivity contribution in [3.63, 3.8) is 0 Å². The lowest BCUT2D eigenvalue weighted by Crippen LogP contribution is -2.48. The summed E-state index contributed by atoms with van der Waals surface area (Å²) in [7, 11) is 0. The van der Waals surface area contributed by atoms with Gasteiger partial charge in [0.2, 0.25) is 5.91 Å². The summed E-state index contributed by atoms with van der Waals surface area (Å²) in [6.07, 6.45) is 6.35. The molecule has 2 amide bonds. The Bertz CT molecular complexity index is 991. The third kappa shape index (κ3) is 4.73. The normalized spacial score (nSPS) is 22.7. The van der Waals surface area contributed by atoms with Crippen molar-refractivity contribution in [2.45, 2.75) is 43.5 Å². The molecular formula is C24H25ClN2O2S. The number of hydrogen-bond acceptors (Lipinski definition) is 3. The second-order valence-corrected chi connectivity index (χ2v) is 9.48. The predicted molar refractivity (Wildman–Crippen MR) is 124 cm³/mol. The Kier molecular flexibility index (Phi) is 6.49. The van der Waals surface area contributed by atoms with Crippen molar-refractivity contribution in [1.82, 2.24) is 5.32 Å². The molecule has 156 valence electrons. The van der Waals surface area contributed by atoms with Crippen LogP contribution in [0.1, 0.15) is 38.2 Å². The molecule has 1 aliphatic carbocycles. The molecule has 0 radical (unpaired) electrons. The fourth-order valence-electron chi connectivity index (χ4n) is 4.09. The van der Waals surface area contributed by atoms with Gasteiger partial charge in [-0.15, -0.1) is 0 Å². The quantitative estimate of drug-likeness (QED) is 0.637. The largest absolute Gasteiger partial charge is 0.352 e. The zero-order valence-corrected chi connectivity index (χ0v) is 18.5. The molecule has 2 atom stereocenters. The van der Waals surface area contributed by atoms with Gasteiger partial charge in [0.05, 0.1) is 10.6 Å². The molecule has 0 saturated heterocycles. The van der Waals surface area contributed by atoms with Gasteiger partial charge < -0.3 is 5.32 Å². The van der Waals surface area contributed by atoms with Crippen molar-refractivity contribution in [3.8, 4) is 0 Å². The first kappa shape index (κ1) is 21.0. The lowest BCUT2D eigenvalue weighted by atomic mass is 9.86. The first-order valence-corrected chi connectivity index (χ1v) is 11.6. The zero-order valence-electron chi connectivity index (χ0n) is 16.9. The number of nitrogens with one attached hydrogen (secondary N) is 1. The summed E-state index contributed by atoms with van der Waals surface area (Å²) in [5, 5.41) is 3.78. The van der Waals surface area contributed by atoms with Crippen LogP contribution < -0.4 is 10.2 Å². The number of benzene rings is 2. The summed E-state index contributed by atoms with van der Waals surface area (Å²) in [6.45, 7) is 2.21. The summed E-state index contributed by atoms with van der Waals surface area (Å²) in [4.78, 5) is 29.3. The smallest absolute Gasteiger partial charge is 0.265 e. The first-order valence-electron chi connectivity index (χ1n) is 10.4. The standard InChI is InChI=1S/C24H25ClN2O2S/c1-16-7-2-3-10-19(16)26-23(28)15-27-20-11-4-5-12-21(20)30-22(24(27)29)14-17-8-6-9-18(25)13-17/h4-6,8-9,11-14,16,19H,2-3,7,10,15H2,1H3,(H,26,28)/b22-14+/t16-,19-/m1/s1. The Morgan fingerprint density at radius 1 is 1.20 bits per heavy atom. The van der Waals surface area contributed by atoms with E-state index in [1.54, 1.807) is 11.0 Å². The Hall–Kier alpha value is -2.24. The molecule has 1 heterocycles. The number of carbonyl (C=O) groups excluding carboxylic acids is 2. The van der Waals surface area contributed by atoms with Crippen LogP contribution in [0.5, 0.6) is 0 Å². The monoisotopic (exact) mass is 440 g/mol. The fraction of sp³-hybridized carbons (Fsp3) is 0.333. The van der Waals surface area contributed by atoms with Crippen LogP contribution in [0.2, 0.25) is 5.02 Å². The molecule has 0 spiro atoms. The summed E-state index contributed by atoms with van der Waals surface area (Å²) >= 11 is 7.53. The molecule has 0 bridgehead atoms. The number of para-hydroxylation sites is 1. The number of fused-ring (bicyclic) bond motifs is 1. The maximum Gasteiger partial charge on any atom is 0.265 e. The maximum atomic E-state index is 13.3. The van der Waals surface area contributed by atoms with E-state index in [0.29, 0.717) is 15.8 Å². The van der Waals surface area contributed by atoms with Crippen LogP contribution in [0.4, 0.5) is 5.69 Å². The molecule has 0 unspecified atom stereocenters. The minimum atomic E-state index is -0.162. The highest BCUT2D eigenvalue weighted by Gasteiger charge is 2.31. The van der Waals surface area contributed by atoms with E-state index in [-0.39, 0.29) is 24.4 Å². The predicted octanol–water partition coefficient (Wildman–Crippen LogP) is 5.51. The molecule has 30 heavy (non-hydrogen) atoms. The average molecular weight is 441 g/mol. The van der Waals surface area contributed by atoms with Gasteiger partial charge >= 0.3 is 0 Å².